The maximum atomic E-state index is 12.9. The molecule has 8 heteroatoms. The number of likely N-dealkylation sites (tertiary alicyclic amines) is 1. The molecular formula is C19H26BrN3O4. The van der Waals surface area contributed by atoms with E-state index in [4.69, 9.17) is 10.5 Å². The molecule has 1 fully saturated rings. The zero-order chi connectivity index (χ0) is 20.4. The number of amides is 3. The molecule has 0 aliphatic carbocycles. The molecule has 1 aliphatic rings. The second-order valence-corrected chi connectivity index (χ2v) is 8.73. The van der Waals surface area contributed by atoms with Crippen LogP contribution >= 0.6 is 15.9 Å². The minimum absolute atomic E-state index is 0.428. The molecule has 148 valence electrons. The first-order chi connectivity index (χ1) is 12.4. The highest BCUT2D eigenvalue weighted by molar-refractivity contribution is 9.10. The van der Waals surface area contributed by atoms with Crippen LogP contribution in [0.25, 0.3) is 0 Å². The van der Waals surface area contributed by atoms with Gasteiger partial charge in [-0.05, 0) is 58.2 Å². The van der Waals surface area contributed by atoms with E-state index < -0.39 is 35.1 Å². The molecule has 0 aromatic heterocycles. The summed E-state index contributed by atoms with van der Waals surface area (Å²) < 4.78 is 6.23. The number of nitrogens with two attached hydrogens (primary N) is 1. The van der Waals surface area contributed by atoms with Gasteiger partial charge in [0.2, 0.25) is 11.8 Å². The van der Waals surface area contributed by atoms with Crippen LogP contribution in [0.5, 0.6) is 0 Å². The van der Waals surface area contributed by atoms with Gasteiger partial charge in [0.15, 0.2) is 0 Å². The van der Waals surface area contributed by atoms with E-state index in [2.05, 4.69) is 21.2 Å². The lowest BCUT2D eigenvalue weighted by Crippen LogP contribution is -2.57. The quantitative estimate of drug-likeness (QED) is 0.752. The monoisotopic (exact) mass is 439 g/mol. The second kappa shape index (κ2) is 7.88. The Morgan fingerprint density at radius 2 is 1.78 bits per heavy atom. The molecule has 3 amide bonds. The van der Waals surface area contributed by atoms with Gasteiger partial charge in [0.25, 0.3) is 0 Å². The van der Waals surface area contributed by atoms with Crippen molar-refractivity contribution in [3.63, 3.8) is 0 Å². The van der Waals surface area contributed by atoms with Crippen molar-refractivity contribution in [3.05, 3.63) is 34.3 Å². The smallest absolute Gasteiger partial charge is 0.410 e. The third-order valence-corrected chi connectivity index (χ3v) is 5.00. The molecule has 1 aromatic rings. The van der Waals surface area contributed by atoms with Crippen molar-refractivity contribution < 1.29 is 19.1 Å². The van der Waals surface area contributed by atoms with Crippen molar-refractivity contribution in [3.8, 4) is 0 Å². The fourth-order valence-electron chi connectivity index (χ4n) is 2.97. The third-order valence-electron chi connectivity index (χ3n) is 4.47. The predicted molar refractivity (Wildman–Crippen MR) is 105 cm³/mol. The summed E-state index contributed by atoms with van der Waals surface area (Å²) in [5.74, 6) is -1.11. The fraction of sp³-hybridized carbons (Fsp3) is 0.526. The molecule has 0 saturated carbocycles. The Bertz CT molecular complexity index is 729. The third kappa shape index (κ3) is 5.00. The summed E-state index contributed by atoms with van der Waals surface area (Å²) in [5.41, 5.74) is 4.12. The summed E-state index contributed by atoms with van der Waals surface area (Å²) in [7, 11) is 0. The Balaban J connectivity index is 2.20. The zero-order valence-corrected chi connectivity index (χ0v) is 17.6. The molecular weight excluding hydrogens is 414 g/mol. The summed E-state index contributed by atoms with van der Waals surface area (Å²) in [4.78, 5) is 38.9. The Morgan fingerprint density at radius 3 is 2.30 bits per heavy atom. The summed E-state index contributed by atoms with van der Waals surface area (Å²) in [6.45, 7) is 7.30. The van der Waals surface area contributed by atoms with Gasteiger partial charge >= 0.3 is 6.09 Å². The number of carbonyl (C=O) groups is 3. The summed E-state index contributed by atoms with van der Waals surface area (Å²) in [6, 6.07) is 6.27. The molecule has 0 radical (unpaired) electrons. The first-order valence-corrected chi connectivity index (χ1v) is 9.61. The van der Waals surface area contributed by atoms with E-state index >= 15 is 0 Å². The van der Waals surface area contributed by atoms with Crippen molar-refractivity contribution >= 4 is 33.8 Å². The van der Waals surface area contributed by atoms with E-state index in [1.165, 1.54) is 4.90 Å². The molecule has 27 heavy (non-hydrogen) atoms. The molecule has 1 saturated heterocycles. The average Bonchev–Trinajstić information content (AvgIpc) is 3.03. The molecule has 0 spiro atoms. The first-order valence-electron chi connectivity index (χ1n) is 8.81. The minimum Gasteiger partial charge on any atom is -0.444 e. The molecule has 2 atom stereocenters. The summed E-state index contributed by atoms with van der Waals surface area (Å²) in [5, 5.41) is 2.74. The highest BCUT2D eigenvalue weighted by Crippen LogP contribution is 2.26. The lowest BCUT2D eigenvalue weighted by atomic mass is 9.90. The largest absolute Gasteiger partial charge is 0.444 e. The highest BCUT2D eigenvalue weighted by atomic mass is 79.9. The number of ether oxygens (including phenoxy) is 1. The SMILES string of the molecule is CC(C)(C)OC(=O)N1CCCC1C(=O)NC(C)(C(N)=O)c1ccc(Br)cc1. The van der Waals surface area contributed by atoms with Gasteiger partial charge in [0, 0.05) is 11.0 Å². The van der Waals surface area contributed by atoms with E-state index in [1.807, 2.05) is 0 Å². The number of primary amides is 1. The molecule has 2 rings (SSSR count). The summed E-state index contributed by atoms with van der Waals surface area (Å²) >= 11 is 3.34. The van der Waals surface area contributed by atoms with E-state index in [1.54, 1.807) is 52.0 Å². The molecule has 7 nitrogen and oxygen atoms in total. The lowest BCUT2D eigenvalue weighted by molar-refractivity contribution is -0.133. The number of carbonyl (C=O) groups excluding carboxylic acids is 3. The lowest BCUT2D eigenvalue weighted by Gasteiger charge is -2.32. The Labute approximate surface area is 167 Å². The van der Waals surface area contributed by atoms with Gasteiger partial charge in [-0.3, -0.25) is 14.5 Å². The van der Waals surface area contributed by atoms with Crippen LogP contribution in [-0.4, -0.2) is 41.0 Å². The van der Waals surface area contributed by atoms with Crippen LogP contribution in [0.3, 0.4) is 0 Å². The Hall–Kier alpha value is -2.09. The van der Waals surface area contributed by atoms with E-state index in [-0.39, 0.29) is 0 Å². The van der Waals surface area contributed by atoms with Crippen LogP contribution in [0.2, 0.25) is 0 Å². The van der Waals surface area contributed by atoms with Crippen molar-refractivity contribution in [2.24, 2.45) is 5.73 Å². The van der Waals surface area contributed by atoms with Crippen molar-refractivity contribution in [1.29, 1.82) is 0 Å². The normalized spacial score (nSPS) is 19.3. The number of benzene rings is 1. The Kier molecular flexibility index (Phi) is 6.19. The topological polar surface area (TPSA) is 102 Å². The second-order valence-electron chi connectivity index (χ2n) is 7.82. The number of halogens is 1. The van der Waals surface area contributed by atoms with E-state index in [0.717, 1.165) is 4.47 Å². The van der Waals surface area contributed by atoms with Gasteiger partial charge in [-0.15, -0.1) is 0 Å². The average molecular weight is 440 g/mol. The van der Waals surface area contributed by atoms with Gasteiger partial charge < -0.3 is 15.8 Å². The van der Waals surface area contributed by atoms with Crippen LogP contribution in [0.4, 0.5) is 4.79 Å². The van der Waals surface area contributed by atoms with Crippen LogP contribution < -0.4 is 11.1 Å². The maximum absolute atomic E-state index is 12.9. The van der Waals surface area contributed by atoms with Crippen LogP contribution in [0.15, 0.2) is 28.7 Å². The Morgan fingerprint density at radius 1 is 1.19 bits per heavy atom. The zero-order valence-electron chi connectivity index (χ0n) is 16.0. The number of hydrogen-bond donors (Lipinski definition) is 2. The number of hydrogen-bond acceptors (Lipinski definition) is 4. The van der Waals surface area contributed by atoms with Gasteiger partial charge in [-0.1, -0.05) is 28.1 Å². The van der Waals surface area contributed by atoms with Gasteiger partial charge in [-0.25, -0.2) is 4.79 Å². The van der Waals surface area contributed by atoms with Crippen LogP contribution in [-0.2, 0) is 19.9 Å². The molecule has 1 aliphatic heterocycles. The van der Waals surface area contributed by atoms with Gasteiger partial charge in [-0.2, -0.15) is 0 Å². The fourth-order valence-corrected chi connectivity index (χ4v) is 3.23. The predicted octanol–water partition coefficient (Wildman–Crippen LogP) is 2.67. The number of rotatable bonds is 4. The number of nitrogens with zero attached hydrogens (tertiary/aromatic N) is 1. The van der Waals surface area contributed by atoms with E-state index in [9.17, 15) is 14.4 Å². The van der Waals surface area contributed by atoms with E-state index in [0.29, 0.717) is 24.9 Å². The molecule has 2 unspecified atom stereocenters. The molecule has 1 heterocycles. The number of nitrogens with one attached hydrogen (secondary N) is 1. The van der Waals surface area contributed by atoms with Gasteiger partial charge in [0.05, 0.1) is 0 Å². The standard InChI is InChI=1S/C19H26BrN3O4/c1-18(2,3)27-17(26)23-11-5-6-14(23)15(24)22-19(4,16(21)25)12-7-9-13(20)10-8-12/h7-10,14H,5-6,11H2,1-4H3,(H2,21,25)(H,22,24). The van der Waals surface area contributed by atoms with Gasteiger partial charge in [0.1, 0.15) is 17.2 Å². The van der Waals surface area contributed by atoms with Crippen LogP contribution in [0, 0.1) is 0 Å². The minimum atomic E-state index is -1.39. The first kappa shape index (κ1) is 21.2. The maximum Gasteiger partial charge on any atom is 0.410 e. The van der Waals surface area contributed by atoms with Crippen molar-refractivity contribution in [2.45, 2.75) is 57.7 Å². The molecule has 0 bridgehead atoms. The van der Waals surface area contributed by atoms with Crippen molar-refractivity contribution in [1.82, 2.24) is 10.2 Å². The van der Waals surface area contributed by atoms with Crippen LogP contribution in [0.1, 0.15) is 46.1 Å². The summed E-state index contributed by atoms with van der Waals surface area (Å²) in [6.07, 6.45) is 0.646. The van der Waals surface area contributed by atoms with Crippen molar-refractivity contribution in [2.75, 3.05) is 6.54 Å². The molecule has 3 N–H and O–H groups in total. The molecule has 1 aromatic carbocycles. The highest BCUT2D eigenvalue weighted by Gasteiger charge is 2.41.